The lowest BCUT2D eigenvalue weighted by Crippen LogP contribution is -2.24. The molecule has 0 aliphatic carbocycles. The normalized spacial score (nSPS) is 10.4. The number of nitrogens with one attached hydrogen (secondary N) is 1. The molecule has 0 saturated carbocycles. The van der Waals surface area contributed by atoms with Crippen molar-refractivity contribution in [1.82, 2.24) is 5.43 Å². The smallest absolute Gasteiger partial charge is 0.343 e. The number of rotatable bonds is 6. The number of methoxy groups -OCH3 is 2. The standard InChI is InChI=1S/C17H16ClN3O5/c1-24-12-5-3-11(4-6-12)16(22)26-15-13(18)7-10(8-14(15)25-2)9-20-21-17(19)23/h3-9H,1-2H3,(H3,19,21,23)/b20-9-. The molecule has 2 aromatic rings. The van der Waals surface area contributed by atoms with Crippen LogP contribution in [-0.2, 0) is 0 Å². The predicted octanol–water partition coefficient (Wildman–Crippen LogP) is 2.58. The van der Waals surface area contributed by atoms with Crippen LogP contribution in [-0.4, -0.2) is 32.4 Å². The van der Waals surface area contributed by atoms with E-state index in [9.17, 15) is 9.59 Å². The summed E-state index contributed by atoms with van der Waals surface area (Å²) in [6.07, 6.45) is 1.31. The second kappa shape index (κ2) is 8.72. The summed E-state index contributed by atoms with van der Waals surface area (Å²) in [5.74, 6) is 0.296. The summed E-state index contributed by atoms with van der Waals surface area (Å²) in [7, 11) is 2.93. The third kappa shape index (κ3) is 4.87. The van der Waals surface area contributed by atoms with Gasteiger partial charge in [-0.15, -0.1) is 0 Å². The van der Waals surface area contributed by atoms with E-state index in [0.29, 0.717) is 16.9 Å². The fourth-order valence-electron chi connectivity index (χ4n) is 1.96. The second-order valence-corrected chi connectivity index (χ2v) is 5.29. The van der Waals surface area contributed by atoms with E-state index in [4.69, 9.17) is 31.5 Å². The van der Waals surface area contributed by atoms with Crippen molar-refractivity contribution < 1.29 is 23.8 Å². The van der Waals surface area contributed by atoms with Gasteiger partial charge in [-0.2, -0.15) is 5.10 Å². The van der Waals surface area contributed by atoms with Gasteiger partial charge in [-0.3, -0.25) is 0 Å². The van der Waals surface area contributed by atoms with Crippen molar-refractivity contribution in [2.75, 3.05) is 14.2 Å². The van der Waals surface area contributed by atoms with Crippen molar-refractivity contribution in [2.45, 2.75) is 0 Å². The maximum absolute atomic E-state index is 12.3. The Kier molecular flexibility index (Phi) is 6.40. The number of hydrogen-bond acceptors (Lipinski definition) is 6. The summed E-state index contributed by atoms with van der Waals surface area (Å²) in [6.45, 7) is 0. The lowest BCUT2D eigenvalue weighted by molar-refractivity contribution is 0.0729. The van der Waals surface area contributed by atoms with Gasteiger partial charge in [0.2, 0.25) is 0 Å². The molecule has 0 spiro atoms. The maximum Gasteiger partial charge on any atom is 0.343 e. The molecular weight excluding hydrogens is 362 g/mol. The quantitative estimate of drug-likeness (QED) is 0.348. The van der Waals surface area contributed by atoms with Crippen LogP contribution in [0, 0.1) is 0 Å². The number of halogens is 1. The minimum absolute atomic E-state index is 0.0648. The van der Waals surface area contributed by atoms with Crippen molar-refractivity contribution in [3.05, 3.63) is 52.5 Å². The lowest BCUT2D eigenvalue weighted by atomic mass is 10.2. The molecular formula is C17H16ClN3O5. The van der Waals surface area contributed by atoms with Crippen LogP contribution in [0.5, 0.6) is 17.2 Å². The van der Waals surface area contributed by atoms with Crippen LogP contribution in [0.15, 0.2) is 41.5 Å². The van der Waals surface area contributed by atoms with E-state index in [2.05, 4.69) is 10.5 Å². The van der Waals surface area contributed by atoms with Gasteiger partial charge in [0.25, 0.3) is 0 Å². The van der Waals surface area contributed by atoms with E-state index in [1.54, 1.807) is 24.3 Å². The van der Waals surface area contributed by atoms with Crippen LogP contribution in [0.1, 0.15) is 15.9 Å². The van der Waals surface area contributed by atoms with Crippen LogP contribution >= 0.6 is 11.6 Å². The van der Waals surface area contributed by atoms with Gasteiger partial charge < -0.3 is 19.9 Å². The number of hydrazone groups is 1. The number of ether oxygens (including phenoxy) is 3. The fourth-order valence-corrected chi connectivity index (χ4v) is 2.22. The van der Waals surface area contributed by atoms with Gasteiger partial charge in [-0.25, -0.2) is 15.0 Å². The first-order valence-corrected chi connectivity index (χ1v) is 7.64. The van der Waals surface area contributed by atoms with Gasteiger partial charge in [0.15, 0.2) is 11.5 Å². The van der Waals surface area contributed by atoms with Gasteiger partial charge in [0.1, 0.15) is 5.75 Å². The second-order valence-electron chi connectivity index (χ2n) is 4.89. The Morgan fingerprint density at radius 3 is 2.42 bits per heavy atom. The van der Waals surface area contributed by atoms with Crippen LogP contribution in [0.4, 0.5) is 4.79 Å². The van der Waals surface area contributed by atoms with Gasteiger partial charge in [-0.1, -0.05) is 11.6 Å². The molecule has 8 nitrogen and oxygen atoms in total. The SMILES string of the molecule is COc1ccc(C(=O)Oc2c(Cl)cc(/C=N\NC(N)=O)cc2OC)cc1. The molecule has 0 unspecified atom stereocenters. The molecule has 3 N–H and O–H groups in total. The van der Waals surface area contributed by atoms with Gasteiger partial charge in [0, 0.05) is 0 Å². The summed E-state index contributed by atoms with van der Waals surface area (Å²) in [5, 5.41) is 3.76. The Labute approximate surface area is 154 Å². The Morgan fingerprint density at radius 1 is 1.15 bits per heavy atom. The first kappa shape index (κ1) is 19.1. The van der Waals surface area contributed by atoms with Crippen LogP contribution < -0.4 is 25.4 Å². The van der Waals surface area contributed by atoms with Crippen LogP contribution in [0.3, 0.4) is 0 Å². The molecule has 0 bridgehead atoms. The average Bonchev–Trinajstić information content (AvgIpc) is 2.63. The van der Waals surface area contributed by atoms with Crippen LogP contribution in [0.25, 0.3) is 0 Å². The number of primary amides is 1. The van der Waals surface area contributed by atoms with Crippen molar-refractivity contribution in [3.63, 3.8) is 0 Å². The largest absolute Gasteiger partial charge is 0.497 e. The predicted molar refractivity (Wildman–Crippen MR) is 96.3 cm³/mol. The molecule has 9 heteroatoms. The zero-order chi connectivity index (χ0) is 19.1. The Balaban J connectivity index is 2.23. The number of nitrogens with two attached hydrogens (primary N) is 1. The monoisotopic (exact) mass is 377 g/mol. The zero-order valence-corrected chi connectivity index (χ0v) is 14.7. The molecule has 0 heterocycles. The third-order valence-electron chi connectivity index (χ3n) is 3.16. The maximum atomic E-state index is 12.3. The van der Waals surface area contributed by atoms with Crippen molar-refractivity contribution >= 4 is 29.8 Å². The summed E-state index contributed by atoms with van der Waals surface area (Å²) in [4.78, 5) is 22.9. The van der Waals surface area contributed by atoms with Gasteiger partial charge in [0.05, 0.1) is 31.0 Å². The van der Waals surface area contributed by atoms with Gasteiger partial charge in [-0.05, 0) is 42.0 Å². The number of amides is 2. The molecule has 26 heavy (non-hydrogen) atoms. The number of carbonyl (C=O) groups excluding carboxylic acids is 2. The van der Waals surface area contributed by atoms with Gasteiger partial charge >= 0.3 is 12.0 Å². The number of urea groups is 1. The summed E-state index contributed by atoms with van der Waals surface area (Å²) < 4.78 is 15.6. The third-order valence-corrected chi connectivity index (χ3v) is 3.44. The molecule has 2 amide bonds. The lowest BCUT2D eigenvalue weighted by Gasteiger charge is -2.12. The van der Waals surface area contributed by atoms with Crippen molar-refractivity contribution in [1.29, 1.82) is 0 Å². The summed E-state index contributed by atoms with van der Waals surface area (Å²) in [5.41, 5.74) is 7.80. The van der Waals surface area contributed by atoms with Crippen molar-refractivity contribution in [3.8, 4) is 17.2 Å². The molecule has 0 aliphatic rings. The molecule has 0 saturated heterocycles. The topological polar surface area (TPSA) is 112 Å². The van der Waals surface area contributed by atoms with E-state index < -0.39 is 12.0 Å². The highest BCUT2D eigenvalue weighted by Gasteiger charge is 2.17. The highest BCUT2D eigenvalue weighted by Crippen LogP contribution is 2.36. The minimum atomic E-state index is -0.802. The molecule has 2 rings (SSSR count). The fraction of sp³-hybridized carbons (Fsp3) is 0.118. The summed E-state index contributed by atoms with van der Waals surface area (Å²) in [6, 6.07) is 8.64. The Bertz CT molecular complexity index is 837. The molecule has 0 fully saturated rings. The van der Waals surface area contributed by atoms with Crippen molar-refractivity contribution in [2.24, 2.45) is 10.8 Å². The molecule has 2 aromatic carbocycles. The highest BCUT2D eigenvalue weighted by molar-refractivity contribution is 6.32. The van der Waals surface area contributed by atoms with E-state index in [1.165, 1.54) is 32.6 Å². The van der Waals surface area contributed by atoms with E-state index in [-0.39, 0.29) is 16.5 Å². The Hall–Kier alpha value is -3.26. The number of esters is 1. The first-order valence-electron chi connectivity index (χ1n) is 7.27. The summed E-state index contributed by atoms with van der Waals surface area (Å²) >= 11 is 6.18. The minimum Gasteiger partial charge on any atom is -0.497 e. The van der Waals surface area contributed by atoms with E-state index in [0.717, 1.165) is 0 Å². The molecule has 0 radical (unpaired) electrons. The van der Waals surface area contributed by atoms with Crippen LogP contribution in [0.2, 0.25) is 5.02 Å². The molecule has 0 aliphatic heterocycles. The molecule has 0 atom stereocenters. The number of nitrogens with zero attached hydrogens (tertiary/aromatic N) is 1. The number of carbonyl (C=O) groups is 2. The van der Waals surface area contributed by atoms with E-state index in [1.807, 2.05) is 0 Å². The Morgan fingerprint density at radius 2 is 1.85 bits per heavy atom. The average molecular weight is 378 g/mol. The number of hydrogen-bond donors (Lipinski definition) is 2. The highest BCUT2D eigenvalue weighted by atomic mass is 35.5. The first-order chi connectivity index (χ1) is 12.4. The molecule has 136 valence electrons. The number of benzene rings is 2. The van der Waals surface area contributed by atoms with E-state index >= 15 is 0 Å². The molecule has 0 aromatic heterocycles. The zero-order valence-electron chi connectivity index (χ0n) is 14.0.